The van der Waals surface area contributed by atoms with Crippen LogP contribution in [-0.2, 0) is 10.1 Å². The molecule has 0 aliphatic rings. The number of halogens is 1. The highest BCUT2D eigenvalue weighted by molar-refractivity contribution is 9.08. The van der Waals surface area contributed by atoms with Crippen molar-refractivity contribution in [1.82, 2.24) is 9.55 Å². The fourth-order valence-corrected chi connectivity index (χ4v) is 1.14. The van der Waals surface area contributed by atoms with Crippen molar-refractivity contribution in [2.24, 2.45) is 0 Å². The third-order valence-electron chi connectivity index (χ3n) is 1.38. The average molecular weight is 261 g/mol. The summed E-state index contributed by atoms with van der Waals surface area (Å²) in [6, 6.07) is 0. The molecular formula is C9H13BrN2O2. The number of hydrogen-bond donors (Lipinski definition) is 0. The average Bonchev–Trinajstić information content (AvgIpc) is 2.48. The number of nitrogens with zero attached hydrogens (tertiary/aromatic N) is 2. The Morgan fingerprint density at radius 2 is 2.29 bits per heavy atom. The topological polar surface area (TPSA) is 44.1 Å². The summed E-state index contributed by atoms with van der Waals surface area (Å²) in [5, 5.41) is 0.628. The third-order valence-corrected chi connectivity index (χ3v) is 1.95. The SMILES string of the molecule is CC(C)(C)OC(=O)n1cnc(CBr)c1. The van der Waals surface area contributed by atoms with Crippen molar-refractivity contribution in [3.05, 3.63) is 18.2 Å². The van der Waals surface area contributed by atoms with Gasteiger partial charge in [-0.05, 0) is 20.8 Å². The molecule has 0 amide bonds. The first kappa shape index (κ1) is 11.2. The van der Waals surface area contributed by atoms with Crippen LogP contribution in [0.3, 0.4) is 0 Å². The Morgan fingerprint density at radius 3 is 2.71 bits per heavy atom. The van der Waals surface area contributed by atoms with Gasteiger partial charge in [0.15, 0.2) is 0 Å². The first-order valence-corrected chi connectivity index (χ1v) is 5.37. The van der Waals surface area contributed by atoms with Crippen molar-refractivity contribution < 1.29 is 9.53 Å². The van der Waals surface area contributed by atoms with Crippen LogP contribution in [0.15, 0.2) is 12.5 Å². The monoisotopic (exact) mass is 260 g/mol. The standard InChI is InChI=1S/C9H13BrN2O2/c1-9(2,3)14-8(13)12-5-7(4-10)11-6-12/h5-6H,4H2,1-3H3. The number of imidazole rings is 1. The van der Waals surface area contributed by atoms with Gasteiger partial charge in [-0.15, -0.1) is 0 Å². The van der Waals surface area contributed by atoms with Crippen molar-refractivity contribution >= 4 is 22.0 Å². The van der Waals surface area contributed by atoms with E-state index in [9.17, 15) is 4.79 Å². The number of aromatic nitrogens is 2. The van der Waals surface area contributed by atoms with Crippen molar-refractivity contribution in [2.45, 2.75) is 31.7 Å². The lowest BCUT2D eigenvalue weighted by Crippen LogP contribution is -2.26. The van der Waals surface area contributed by atoms with E-state index in [0.717, 1.165) is 5.69 Å². The van der Waals surface area contributed by atoms with E-state index in [2.05, 4.69) is 20.9 Å². The highest BCUT2D eigenvalue weighted by Gasteiger charge is 2.17. The molecule has 1 rings (SSSR count). The molecule has 0 bridgehead atoms. The summed E-state index contributed by atoms with van der Waals surface area (Å²) in [7, 11) is 0. The van der Waals surface area contributed by atoms with Gasteiger partial charge in [-0.1, -0.05) is 15.9 Å². The molecule has 0 saturated carbocycles. The van der Waals surface area contributed by atoms with Crippen LogP contribution >= 0.6 is 15.9 Å². The van der Waals surface area contributed by atoms with E-state index >= 15 is 0 Å². The fourth-order valence-electron chi connectivity index (χ4n) is 0.847. The van der Waals surface area contributed by atoms with Crippen molar-refractivity contribution in [3.63, 3.8) is 0 Å². The van der Waals surface area contributed by atoms with Gasteiger partial charge in [0.05, 0.1) is 5.69 Å². The molecule has 1 heterocycles. The molecule has 0 aliphatic carbocycles. The number of carbonyl (C=O) groups excluding carboxylic acids is 1. The van der Waals surface area contributed by atoms with Crippen LogP contribution in [0.5, 0.6) is 0 Å². The number of ether oxygens (including phenoxy) is 1. The molecule has 14 heavy (non-hydrogen) atoms. The van der Waals surface area contributed by atoms with Gasteiger partial charge in [0.25, 0.3) is 0 Å². The maximum Gasteiger partial charge on any atom is 0.419 e. The van der Waals surface area contributed by atoms with E-state index in [4.69, 9.17) is 4.74 Å². The molecule has 0 aromatic carbocycles. The quantitative estimate of drug-likeness (QED) is 0.730. The molecule has 0 saturated heterocycles. The van der Waals surface area contributed by atoms with Crippen LogP contribution in [0, 0.1) is 0 Å². The smallest absolute Gasteiger partial charge is 0.419 e. The number of rotatable bonds is 1. The number of hydrogen-bond acceptors (Lipinski definition) is 3. The zero-order valence-corrected chi connectivity index (χ0v) is 10.0. The van der Waals surface area contributed by atoms with E-state index in [1.165, 1.54) is 10.9 Å². The zero-order valence-electron chi connectivity index (χ0n) is 8.45. The second kappa shape index (κ2) is 4.13. The predicted octanol–water partition coefficient (Wildman–Crippen LogP) is 2.56. The molecule has 5 heteroatoms. The van der Waals surface area contributed by atoms with Crippen LogP contribution in [0.4, 0.5) is 4.79 Å². The van der Waals surface area contributed by atoms with Gasteiger partial charge in [-0.2, -0.15) is 0 Å². The Kier molecular flexibility index (Phi) is 3.31. The van der Waals surface area contributed by atoms with Crippen molar-refractivity contribution in [1.29, 1.82) is 0 Å². The first-order chi connectivity index (χ1) is 6.42. The summed E-state index contributed by atoms with van der Waals surface area (Å²) < 4.78 is 6.49. The largest absolute Gasteiger partial charge is 0.443 e. The predicted molar refractivity (Wildman–Crippen MR) is 56.5 cm³/mol. The van der Waals surface area contributed by atoms with Gasteiger partial charge in [-0.3, -0.25) is 0 Å². The van der Waals surface area contributed by atoms with Crippen molar-refractivity contribution in [3.8, 4) is 0 Å². The number of carbonyl (C=O) groups is 1. The summed E-state index contributed by atoms with van der Waals surface area (Å²) in [5.74, 6) is 0. The molecule has 0 fully saturated rings. The van der Waals surface area contributed by atoms with E-state index in [-0.39, 0.29) is 0 Å². The summed E-state index contributed by atoms with van der Waals surface area (Å²) in [6.45, 7) is 5.48. The summed E-state index contributed by atoms with van der Waals surface area (Å²) in [6.07, 6.45) is 2.69. The highest BCUT2D eigenvalue weighted by atomic mass is 79.9. The third kappa shape index (κ3) is 3.14. The molecule has 0 unspecified atom stereocenters. The molecule has 1 aromatic rings. The molecule has 0 aliphatic heterocycles. The van der Waals surface area contributed by atoms with E-state index < -0.39 is 11.7 Å². The van der Waals surface area contributed by atoms with Crippen LogP contribution in [0.25, 0.3) is 0 Å². The van der Waals surface area contributed by atoms with Gasteiger partial charge in [0, 0.05) is 11.5 Å². The van der Waals surface area contributed by atoms with Crippen LogP contribution < -0.4 is 0 Å². The minimum absolute atomic E-state index is 0.405. The molecule has 0 N–H and O–H groups in total. The molecule has 0 spiro atoms. The number of alkyl halides is 1. The Morgan fingerprint density at radius 1 is 1.64 bits per heavy atom. The maximum absolute atomic E-state index is 11.5. The zero-order chi connectivity index (χ0) is 10.8. The molecular weight excluding hydrogens is 248 g/mol. The van der Waals surface area contributed by atoms with Gasteiger partial charge >= 0.3 is 6.09 Å². The van der Waals surface area contributed by atoms with Crippen molar-refractivity contribution in [2.75, 3.05) is 0 Å². The first-order valence-electron chi connectivity index (χ1n) is 4.24. The Bertz CT molecular complexity index is 328. The Balaban J connectivity index is 2.70. The summed E-state index contributed by atoms with van der Waals surface area (Å²) >= 11 is 3.25. The summed E-state index contributed by atoms with van der Waals surface area (Å²) in [5.41, 5.74) is 0.325. The lowest BCUT2D eigenvalue weighted by atomic mass is 10.2. The highest BCUT2D eigenvalue weighted by Crippen LogP contribution is 2.09. The second-order valence-corrected chi connectivity index (χ2v) is 4.45. The molecule has 78 valence electrons. The van der Waals surface area contributed by atoms with Gasteiger partial charge < -0.3 is 4.74 Å². The van der Waals surface area contributed by atoms with Gasteiger partial charge in [0.2, 0.25) is 0 Å². The minimum atomic E-state index is -0.476. The normalized spacial score (nSPS) is 11.4. The molecule has 1 aromatic heterocycles. The molecule has 0 atom stereocenters. The molecule has 4 nitrogen and oxygen atoms in total. The lowest BCUT2D eigenvalue weighted by molar-refractivity contribution is 0.0536. The van der Waals surface area contributed by atoms with E-state index in [0.29, 0.717) is 5.33 Å². The Hall–Kier alpha value is -0.840. The van der Waals surface area contributed by atoms with Crippen LogP contribution in [0.2, 0.25) is 0 Å². The van der Waals surface area contributed by atoms with Crippen LogP contribution in [-0.4, -0.2) is 21.2 Å². The van der Waals surface area contributed by atoms with E-state index in [1.807, 2.05) is 20.8 Å². The Labute approximate surface area is 91.4 Å². The fraction of sp³-hybridized carbons (Fsp3) is 0.556. The van der Waals surface area contributed by atoms with E-state index in [1.54, 1.807) is 6.20 Å². The minimum Gasteiger partial charge on any atom is -0.443 e. The van der Waals surface area contributed by atoms with Gasteiger partial charge in [0.1, 0.15) is 11.9 Å². The molecule has 0 radical (unpaired) electrons. The second-order valence-electron chi connectivity index (χ2n) is 3.89. The van der Waals surface area contributed by atoms with Crippen LogP contribution in [0.1, 0.15) is 26.5 Å². The lowest BCUT2D eigenvalue weighted by Gasteiger charge is -2.18. The maximum atomic E-state index is 11.5. The van der Waals surface area contributed by atoms with Gasteiger partial charge in [-0.25, -0.2) is 14.3 Å². The summed E-state index contributed by atoms with van der Waals surface area (Å²) in [4.78, 5) is 15.5.